The molecule has 0 saturated carbocycles. The van der Waals surface area contributed by atoms with Crippen LogP contribution in [0.5, 0.6) is 0 Å². The number of carbonyl (C=O) groups excluding carboxylic acids is 1. The van der Waals surface area contributed by atoms with E-state index >= 15 is 0 Å². The molecule has 1 aromatic heterocycles. The van der Waals surface area contributed by atoms with Crippen LogP contribution in [-0.2, 0) is 14.6 Å². The molecule has 4 nitrogen and oxygen atoms in total. The molecule has 1 atom stereocenters. The maximum Gasteiger partial charge on any atom is 0.225 e. The molecule has 21 heavy (non-hydrogen) atoms. The summed E-state index contributed by atoms with van der Waals surface area (Å²) in [6, 6.07) is 3.76. The predicted octanol–water partition coefficient (Wildman–Crippen LogP) is 2.87. The molecule has 0 radical (unpaired) electrons. The van der Waals surface area contributed by atoms with E-state index in [2.05, 4.69) is 0 Å². The van der Waals surface area contributed by atoms with Gasteiger partial charge in [-0.15, -0.1) is 11.3 Å². The van der Waals surface area contributed by atoms with E-state index in [0.29, 0.717) is 19.5 Å². The summed E-state index contributed by atoms with van der Waals surface area (Å²) in [5.74, 6) is 0.203. The van der Waals surface area contributed by atoms with E-state index in [1.54, 1.807) is 4.90 Å². The van der Waals surface area contributed by atoms with Crippen LogP contribution >= 0.6 is 11.3 Å². The van der Waals surface area contributed by atoms with Crippen molar-refractivity contribution < 1.29 is 13.2 Å². The number of nitrogens with zero attached hydrogens (tertiary/aromatic N) is 1. The molecule has 6 heteroatoms. The topological polar surface area (TPSA) is 54.5 Å². The van der Waals surface area contributed by atoms with Crippen molar-refractivity contribution in [2.75, 3.05) is 18.8 Å². The summed E-state index contributed by atoms with van der Waals surface area (Å²) in [6.07, 6.45) is 2.13. The van der Waals surface area contributed by atoms with E-state index in [1.165, 1.54) is 11.3 Å². The van der Waals surface area contributed by atoms with Crippen LogP contribution in [0.4, 0.5) is 0 Å². The Kier molecular flexibility index (Phi) is 5.43. The lowest BCUT2D eigenvalue weighted by Gasteiger charge is -2.24. The SMILES string of the molecule is CCC(CC)C(=O)N1CCC(c2cccs2)S(=O)(=O)CC1. The molecule has 0 N–H and O–H groups in total. The molecule has 0 aromatic carbocycles. The van der Waals surface area contributed by atoms with E-state index < -0.39 is 15.1 Å². The highest BCUT2D eigenvalue weighted by Crippen LogP contribution is 2.32. The van der Waals surface area contributed by atoms with Gasteiger partial charge in [0.2, 0.25) is 5.91 Å². The Hall–Kier alpha value is -0.880. The number of rotatable bonds is 4. The Morgan fingerprint density at radius 3 is 2.67 bits per heavy atom. The number of hydrogen-bond donors (Lipinski definition) is 0. The van der Waals surface area contributed by atoms with Crippen LogP contribution in [0.25, 0.3) is 0 Å². The van der Waals surface area contributed by atoms with Crippen molar-refractivity contribution in [2.24, 2.45) is 5.92 Å². The Morgan fingerprint density at radius 1 is 1.38 bits per heavy atom. The van der Waals surface area contributed by atoms with Gasteiger partial charge in [0.1, 0.15) is 0 Å². The summed E-state index contributed by atoms with van der Waals surface area (Å²) in [5.41, 5.74) is 0. The fraction of sp³-hybridized carbons (Fsp3) is 0.667. The molecule has 1 aliphatic rings. The molecule has 0 bridgehead atoms. The molecule has 1 aromatic rings. The number of sulfone groups is 1. The summed E-state index contributed by atoms with van der Waals surface area (Å²) >= 11 is 1.48. The first kappa shape index (κ1) is 16.5. The quantitative estimate of drug-likeness (QED) is 0.853. The first-order valence-electron chi connectivity index (χ1n) is 7.53. The molecule has 0 aliphatic carbocycles. The second-order valence-corrected chi connectivity index (χ2v) is 8.78. The summed E-state index contributed by atoms with van der Waals surface area (Å²) in [7, 11) is -3.17. The summed E-state index contributed by atoms with van der Waals surface area (Å²) < 4.78 is 24.9. The van der Waals surface area contributed by atoms with Crippen molar-refractivity contribution in [1.29, 1.82) is 0 Å². The van der Waals surface area contributed by atoms with Gasteiger partial charge in [0.15, 0.2) is 9.84 Å². The van der Waals surface area contributed by atoms with Gasteiger partial charge in [-0.05, 0) is 30.7 Å². The van der Waals surface area contributed by atoms with Gasteiger partial charge in [-0.3, -0.25) is 4.79 Å². The molecule has 0 spiro atoms. The molecule has 1 amide bonds. The highest BCUT2D eigenvalue weighted by molar-refractivity contribution is 7.91. The first-order valence-corrected chi connectivity index (χ1v) is 10.1. The third-order valence-corrected chi connectivity index (χ3v) is 7.49. The van der Waals surface area contributed by atoms with Crippen LogP contribution < -0.4 is 0 Å². The Morgan fingerprint density at radius 2 is 2.10 bits per heavy atom. The monoisotopic (exact) mass is 329 g/mol. The third kappa shape index (κ3) is 3.66. The lowest BCUT2D eigenvalue weighted by atomic mass is 10.0. The van der Waals surface area contributed by atoms with Gasteiger partial charge >= 0.3 is 0 Å². The predicted molar refractivity (Wildman–Crippen MR) is 86.1 cm³/mol. The minimum absolute atomic E-state index is 0.0194. The van der Waals surface area contributed by atoms with Gasteiger partial charge in [-0.2, -0.15) is 0 Å². The van der Waals surface area contributed by atoms with Crippen LogP contribution in [0.15, 0.2) is 17.5 Å². The summed E-state index contributed by atoms with van der Waals surface area (Å²) in [5, 5.41) is 1.46. The zero-order chi connectivity index (χ0) is 15.5. The summed E-state index contributed by atoms with van der Waals surface area (Å²) in [4.78, 5) is 15.1. The largest absolute Gasteiger partial charge is 0.341 e. The Balaban J connectivity index is 2.15. The minimum atomic E-state index is -3.17. The molecule has 1 saturated heterocycles. The molecule has 2 heterocycles. The van der Waals surface area contributed by atoms with E-state index in [9.17, 15) is 13.2 Å². The lowest BCUT2D eigenvalue weighted by molar-refractivity contribution is -0.135. The van der Waals surface area contributed by atoms with Crippen molar-refractivity contribution in [1.82, 2.24) is 4.90 Å². The second-order valence-electron chi connectivity index (χ2n) is 5.50. The zero-order valence-corrected chi connectivity index (χ0v) is 14.3. The Labute approximate surface area is 131 Å². The van der Waals surface area contributed by atoms with Gasteiger partial charge in [0, 0.05) is 23.9 Å². The third-order valence-electron chi connectivity index (χ3n) is 4.25. The fourth-order valence-electron chi connectivity index (χ4n) is 2.85. The van der Waals surface area contributed by atoms with Crippen LogP contribution in [0.2, 0.25) is 0 Å². The molecule has 1 fully saturated rings. The van der Waals surface area contributed by atoms with E-state index in [-0.39, 0.29) is 17.6 Å². The first-order chi connectivity index (χ1) is 9.99. The van der Waals surface area contributed by atoms with E-state index in [0.717, 1.165) is 17.7 Å². The molecule has 1 unspecified atom stereocenters. The van der Waals surface area contributed by atoms with Crippen molar-refractivity contribution in [2.45, 2.75) is 38.4 Å². The van der Waals surface area contributed by atoms with Crippen LogP contribution in [0, 0.1) is 5.92 Å². The second kappa shape index (κ2) is 6.92. The summed E-state index contributed by atoms with van der Waals surface area (Å²) in [6.45, 7) is 4.89. The number of thiophene rings is 1. The Bertz CT molecular complexity index is 562. The smallest absolute Gasteiger partial charge is 0.225 e. The molecular formula is C15H23NO3S2. The van der Waals surface area contributed by atoms with Gasteiger partial charge in [-0.25, -0.2) is 8.42 Å². The zero-order valence-electron chi connectivity index (χ0n) is 12.6. The minimum Gasteiger partial charge on any atom is -0.341 e. The van der Waals surface area contributed by atoms with Gasteiger partial charge in [0.25, 0.3) is 0 Å². The van der Waals surface area contributed by atoms with Crippen LogP contribution in [0.3, 0.4) is 0 Å². The number of hydrogen-bond acceptors (Lipinski definition) is 4. The van der Waals surface area contributed by atoms with Crippen molar-refractivity contribution in [3.05, 3.63) is 22.4 Å². The van der Waals surface area contributed by atoms with Crippen molar-refractivity contribution in [3.8, 4) is 0 Å². The highest BCUT2D eigenvalue weighted by Gasteiger charge is 2.34. The van der Waals surface area contributed by atoms with Crippen LogP contribution in [0.1, 0.15) is 43.2 Å². The fourth-order valence-corrected chi connectivity index (χ4v) is 5.86. The number of carbonyl (C=O) groups is 1. The molecule has 118 valence electrons. The standard InChI is InChI=1S/C15H23NO3S2/c1-3-12(4-2)15(17)16-8-7-14(13-6-5-10-20-13)21(18,19)11-9-16/h5-6,10,12,14H,3-4,7-9,11H2,1-2H3. The highest BCUT2D eigenvalue weighted by atomic mass is 32.2. The average molecular weight is 329 g/mol. The van der Waals surface area contributed by atoms with Gasteiger partial charge in [-0.1, -0.05) is 19.9 Å². The molecule has 1 aliphatic heterocycles. The molecular weight excluding hydrogens is 306 g/mol. The van der Waals surface area contributed by atoms with Crippen molar-refractivity contribution >= 4 is 27.1 Å². The average Bonchev–Trinajstić information content (AvgIpc) is 2.92. The lowest BCUT2D eigenvalue weighted by Crippen LogP contribution is -2.37. The van der Waals surface area contributed by atoms with Gasteiger partial charge in [0.05, 0.1) is 11.0 Å². The van der Waals surface area contributed by atoms with Gasteiger partial charge < -0.3 is 4.90 Å². The van der Waals surface area contributed by atoms with Crippen LogP contribution in [-0.4, -0.2) is 38.1 Å². The normalized spacial score (nSPS) is 22.2. The number of amides is 1. The molecule has 2 rings (SSSR count). The van der Waals surface area contributed by atoms with E-state index in [1.807, 2.05) is 31.4 Å². The maximum absolute atomic E-state index is 12.5. The van der Waals surface area contributed by atoms with Crippen molar-refractivity contribution in [3.63, 3.8) is 0 Å². The van der Waals surface area contributed by atoms with E-state index in [4.69, 9.17) is 0 Å². The maximum atomic E-state index is 12.5.